The van der Waals surface area contributed by atoms with Crippen LogP contribution in [0.3, 0.4) is 0 Å². The van der Waals surface area contributed by atoms with Crippen LogP contribution in [0.1, 0.15) is 39.4 Å². The molecule has 3 aromatic carbocycles. The highest BCUT2D eigenvalue weighted by Gasteiger charge is 2.46. The van der Waals surface area contributed by atoms with Gasteiger partial charge in [-0.25, -0.2) is 15.0 Å². The van der Waals surface area contributed by atoms with Crippen LogP contribution in [0.5, 0.6) is 0 Å². The van der Waals surface area contributed by atoms with Crippen molar-refractivity contribution < 1.29 is 24.5 Å². The van der Waals surface area contributed by atoms with E-state index in [0.29, 0.717) is 29.1 Å². The molecule has 6 rings (SSSR count). The molecule has 0 saturated carbocycles. The second kappa shape index (κ2) is 11.0. The number of aliphatic hydroxyl groups excluding tert-OH is 2. The van der Waals surface area contributed by atoms with E-state index in [0.717, 1.165) is 16.3 Å². The number of anilines is 1. The number of ketones is 1. The first-order valence-corrected chi connectivity index (χ1v) is 13.2. The molecule has 11 heteroatoms. The number of aromatic nitrogens is 4. The third kappa shape index (κ3) is 5.02. The highest BCUT2D eigenvalue weighted by molar-refractivity contribution is 5.99. The number of nitrogens with zero attached hydrogens (tertiary/aromatic N) is 4. The van der Waals surface area contributed by atoms with Gasteiger partial charge in [0, 0.05) is 17.7 Å². The van der Waals surface area contributed by atoms with E-state index in [1.165, 1.54) is 25.6 Å². The van der Waals surface area contributed by atoms with Crippen molar-refractivity contribution in [3.8, 4) is 0 Å². The normalized spacial score (nSPS) is 20.4. The number of hydrogen-bond donors (Lipinski definition) is 4. The Balaban J connectivity index is 1.28. The number of benzene rings is 3. The highest BCUT2D eigenvalue weighted by atomic mass is 16.5. The van der Waals surface area contributed by atoms with E-state index in [4.69, 9.17) is 4.74 Å². The Hall–Kier alpha value is -4.71. The van der Waals surface area contributed by atoms with Crippen molar-refractivity contribution in [3.05, 3.63) is 96.1 Å². The van der Waals surface area contributed by atoms with Gasteiger partial charge in [-0.2, -0.15) is 0 Å². The molecule has 1 aliphatic rings. The lowest BCUT2D eigenvalue weighted by Gasteiger charge is -2.23. The summed E-state index contributed by atoms with van der Waals surface area (Å²) >= 11 is 0. The number of imidazole rings is 1. The van der Waals surface area contributed by atoms with Crippen LogP contribution in [-0.4, -0.2) is 66.3 Å². The first-order chi connectivity index (χ1) is 19.9. The second-order valence-corrected chi connectivity index (χ2v) is 9.91. The summed E-state index contributed by atoms with van der Waals surface area (Å²) < 4.78 is 7.58. The van der Waals surface area contributed by atoms with Gasteiger partial charge in [0.15, 0.2) is 29.0 Å². The number of amides is 1. The average Bonchev–Trinajstić information content (AvgIpc) is 3.56. The van der Waals surface area contributed by atoms with Gasteiger partial charge in [0.05, 0.1) is 12.9 Å². The molecule has 1 fully saturated rings. The minimum Gasteiger partial charge on any atom is -0.394 e. The summed E-state index contributed by atoms with van der Waals surface area (Å²) in [6.45, 7) is 1.47. The van der Waals surface area contributed by atoms with Crippen molar-refractivity contribution in [2.24, 2.45) is 0 Å². The van der Waals surface area contributed by atoms with E-state index >= 15 is 0 Å². The molecule has 1 amide bonds. The quantitative estimate of drug-likeness (QED) is 0.213. The van der Waals surface area contributed by atoms with Gasteiger partial charge in [0.2, 0.25) is 0 Å². The number of Topliss-reactive ketones (excluding diaryl/α,β-unsaturated/α-hetero) is 1. The van der Waals surface area contributed by atoms with Crippen LogP contribution in [-0.2, 0) is 11.3 Å². The maximum absolute atomic E-state index is 13.1. The molecule has 1 aliphatic heterocycles. The van der Waals surface area contributed by atoms with Crippen LogP contribution in [0.4, 0.5) is 5.82 Å². The van der Waals surface area contributed by atoms with E-state index in [9.17, 15) is 19.8 Å². The number of ether oxygens (including phenoxy) is 1. The number of fused-ring (bicyclic) bond motifs is 2. The third-order valence-electron chi connectivity index (χ3n) is 7.34. The molecule has 1 saturated heterocycles. The summed E-state index contributed by atoms with van der Waals surface area (Å²) in [6, 6.07) is 19.6. The van der Waals surface area contributed by atoms with Gasteiger partial charge in [-0.3, -0.25) is 14.2 Å². The number of hydrogen-bond acceptors (Lipinski definition) is 9. The van der Waals surface area contributed by atoms with Gasteiger partial charge in [-0.15, -0.1) is 0 Å². The lowest BCUT2D eigenvalue weighted by Crippen LogP contribution is -2.46. The summed E-state index contributed by atoms with van der Waals surface area (Å²) in [5.41, 5.74) is 2.66. The zero-order valence-electron chi connectivity index (χ0n) is 22.1. The van der Waals surface area contributed by atoms with Crippen molar-refractivity contribution in [2.45, 2.75) is 37.9 Å². The monoisotopic (exact) mass is 552 g/mol. The fourth-order valence-corrected chi connectivity index (χ4v) is 5.20. The van der Waals surface area contributed by atoms with Crippen LogP contribution in [0.15, 0.2) is 79.4 Å². The maximum atomic E-state index is 13.1. The molecule has 0 unspecified atom stereocenters. The summed E-state index contributed by atoms with van der Waals surface area (Å²) in [7, 11) is 0. The molecule has 0 bridgehead atoms. The van der Waals surface area contributed by atoms with Gasteiger partial charge in [0.1, 0.15) is 24.6 Å². The van der Waals surface area contributed by atoms with E-state index in [1.54, 1.807) is 22.8 Å². The van der Waals surface area contributed by atoms with E-state index in [1.807, 2.05) is 18.2 Å². The Morgan fingerprint density at radius 2 is 1.78 bits per heavy atom. The van der Waals surface area contributed by atoms with Crippen molar-refractivity contribution >= 4 is 39.4 Å². The third-order valence-corrected chi connectivity index (χ3v) is 7.34. The van der Waals surface area contributed by atoms with Crippen molar-refractivity contribution in [2.75, 3.05) is 11.9 Å². The van der Waals surface area contributed by atoms with Gasteiger partial charge < -0.3 is 25.6 Å². The summed E-state index contributed by atoms with van der Waals surface area (Å²) in [6.07, 6.45) is -0.172. The standard InChI is InChI=1S/C30H28N6O5/c1-17(38)19-8-5-9-20(12-19)29(40)35-24-26(39)23(14-37)41-30(24)36-16-34-25-27(32-15-33-28(25)36)31-13-21-10-4-7-18-6-2-3-11-22(18)21/h2-12,15-16,23-24,26,30,37,39H,13-14H2,1H3,(H,35,40)(H,31,32,33)/t23-,24-,26-,30-/m1/s1. The molecule has 4 N–H and O–H groups in total. The molecule has 0 radical (unpaired) electrons. The second-order valence-electron chi connectivity index (χ2n) is 9.91. The predicted molar refractivity (Wildman–Crippen MR) is 151 cm³/mol. The van der Waals surface area contributed by atoms with Gasteiger partial charge in [-0.1, -0.05) is 54.6 Å². The molecular formula is C30H28N6O5. The van der Waals surface area contributed by atoms with Crippen LogP contribution >= 0.6 is 0 Å². The molecule has 208 valence electrons. The number of carbonyl (C=O) groups is 2. The zero-order valence-corrected chi connectivity index (χ0v) is 22.1. The summed E-state index contributed by atoms with van der Waals surface area (Å²) in [4.78, 5) is 38.3. The zero-order chi connectivity index (χ0) is 28.5. The van der Waals surface area contributed by atoms with E-state index in [2.05, 4.69) is 49.9 Å². The van der Waals surface area contributed by atoms with Crippen LogP contribution in [0.25, 0.3) is 21.9 Å². The molecule has 0 spiro atoms. The fraction of sp³-hybridized carbons (Fsp3) is 0.233. The Morgan fingerprint density at radius 3 is 2.61 bits per heavy atom. The Labute approximate surface area is 234 Å². The van der Waals surface area contributed by atoms with E-state index in [-0.39, 0.29) is 11.3 Å². The first kappa shape index (κ1) is 26.5. The molecule has 2 aromatic heterocycles. The van der Waals surface area contributed by atoms with E-state index < -0.39 is 37.0 Å². The highest BCUT2D eigenvalue weighted by Crippen LogP contribution is 2.33. The Kier molecular flexibility index (Phi) is 7.14. The van der Waals surface area contributed by atoms with Gasteiger partial charge in [0.25, 0.3) is 5.91 Å². The Morgan fingerprint density at radius 1 is 1.00 bits per heavy atom. The molecular weight excluding hydrogens is 524 g/mol. The minimum atomic E-state index is -1.21. The molecule has 0 aliphatic carbocycles. The molecule has 5 aromatic rings. The summed E-state index contributed by atoms with van der Waals surface area (Å²) in [5.74, 6) is -0.155. The molecule has 3 heterocycles. The van der Waals surface area contributed by atoms with Crippen molar-refractivity contribution in [1.82, 2.24) is 24.8 Å². The van der Waals surface area contributed by atoms with Crippen LogP contribution < -0.4 is 10.6 Å². The number of carbonyl (C=O) groups excluding carboxylic acids is 2. The predicted octanol–water partition coefficient (Wildman–Crippen LogP) is 2.84. The molecule has 4 atom stereocenters. The summed E-state index contributed by atoms with van der Waals surface area (Å²) in [5, 5.41) is 29.2. The Bertz CT molecular complexity index is 1750. The lowest BCUT2D eigenvalue weighted by molar-refractivity contribution is -0.0440. The SMILES string of the molecule is CC(=O)c1cccc(C(=O)N[C@@H]2[C@H](O)[C@@H](CO)O[C@H]2n2cnc3c(NCc4cccc5ccccc45)ncnc32)c1. The number of nitrogens with one attached hydrogen (secondary N) is 2. The topological polar surface area (TPSA) is 151 Å². The smallest absolute Gasteiger partial charge is 0.251 e. The van der Waals surface area contributed by atoms with Crippen LogP contribution in [0.2, 0.25) is 0 Å². The van der Waals surface area contributed by atoms with Crippen molar-refractivity contribution in [1.29, 1.82) is 0 Å². The molecule has 41 heavy (non-hydrogen) atoms. The average molecular weight is 553 g/mol. The number of rotatable bonds is 8. The maximum Gasteiger partial charge on any atom is 0.251 e. The van der Waals surface area contributed by atoms with Gasteiger partial charge in [-0.05, 0) is 35.4 Å². The number of aliphatic hydroxyl groups is 2. The van der Waals surface area contributed by atoms with Crippen LogP contribution in [0, 0.1) is 0 Å². The van der Waals surface area contributed by atoms with Gasteiger partial charge >= 0.3 is 0 Å². The van der Waals surface area contributed by atoms with Crippen molar-refractivity contribution in [3.63, 3.8) is 0 Å². The largest absolute Gasteiger partial charge is 0.394 e. The lowest BCUT2D eigenvalue weighted by atomic mass is 10.0. The first-order valence-electron chi connectivity index (χ1n) is 13.2. The minimum absolute atomic E-state index is 0.170. The fourth-order valence-electron chi connectivity index (χ4n) is 5.20. The molecule has 11 nitrogen and oxygen atoms in total.